The topological polar surface area (TPSA) is 85.9 Å². The molecule has 0 aliphatic carbocycles. The van der Waals surface area contributed by atoms with Crippen molar-refractivity contribution in [1.29, 1.82) is 0 Å². The first-order chi connectivity index (χ1) is 16.2. The Kier molecular flexibility index (Phi) is 4.19. The van der Waals surface area contributed by atoms with Crippen LogP contribution in [0.25, 0.3) is 11.1 Å². The van der Waals surface area contributed by atoms with Crippen molar-refractivity contribution in [2.45, 2.75) is 0 Å². The second-order valence-corrected chi connectivity index (χ2v) is 5.88. The van der Waals surface area contributed by atoms with E-state index in [4.69, 9.17) is 17.7 Å². The Morgan fingerprint density at radius 3 is 2.45 bits per heavy atom. The first kappa shape index (κ1) is 13.8. The number of hydroxylamine groups is 1. The summed E-state index contributed by atoms with van der Waals surface area (Å²) in [6, 6.07) is 7.41. The zero-order chi connectivity index (χ0) is 26.0. The molecule has 0 saturated carbocycles. The lowest BCUT2D eigenvalue weighted by Crippen LogP contribution is -2.27. The molecule has 1 aliphatic rings. The molecule has 1 heterocycles. The number of hydrogen-bond acceptors (Lipinski definition) is 5. The summed E-state index contributed by atoms with van der Waals surface area (Å²) >= 11 is 0. The van der Waals surface area contributed by atoms with E-state index in [0.29, 0.717) is 0 Å². The Balaban J connectivity index is 1.81. The number of anilines is 1. The molecule has 2 aromatic carbocycles. The van der Waals surface area contributed by atoms with Crippen molar-refractivity contribution >= 4 is 17.5 Å². The van der Waals surface area contributed by atoms with E-state index in [1.54, 1.807) is 5.48 Å². The minimum absolute atomic E-state index is 0.0397. The minimum atomic E-state index is -2.93. The molecule has 9 heteroatoms. The highest BCUT2D eigenvalue weighted by molar-refractivity contribution is 6.10. The first-order valence-electron chi connectivity index (χ1n) is 11.1. The smallest absolute Gasteiger partial charge is 0.273 e. The lowest BCUT2D eigenvalue weighted by Gasteiger charge is -2.12. The molecule has 152 valence electrons. The molecule has 1 aliphatic heterocycles. The second kappa shape index (κ2) is 8.80. The lowest BCUT2D eigenvalue weighted by atomic mass is 10.0. The number of halogens is 2. The zero-order valence-electron chi connectivity index (χ0n) is 20.7. The maximum atomic E-state index is 14.7. The van der Waals surface area contributed by atoms with Gasteiger partial charge in [0.1, 0.15) is 23.1 Å². The summed E-state index contributed by atoms with van der Waals surface area (Å²) in [6.45, 7) is -0.711. The monoisotopic (exact) mass is 410 g/mol. The number of nitrogens with one attached hydrogen (secondary N) is 2. The number of benzene rings is 2. The maximum Gasteiger partial charge on any atom is 0.273 e. The summed E-state index contributed by atoms with van der Waals surface area (Å²) in [5.41, 5.74) is 0.624. The Morgan fingerprint density at radius 1 is 1.03 bits per heavy atom. The molecule has 0 atom stereocenters. The van der Waals surface area contributed by atoms with Crippen LogP contribution in [-0.4, -0.2) is 39.1 Å². The van der Waals surface area contributed by atoms with Crippen LogP contribution in [-0.2, 0) is 19.2 Å². The van der Waals surface area contributed by atoms with Crippen molar-refractivity contribution in [3.8, 4) is 16.9 Å². The van der Waals surface area contributed by atoms with E-state index in [0.717, 1.165) is 12.1 Å². The molecule has 0 radical (unpaired) electrons. The van der Waals surface area contributed by atoms with E-state index >= 15 is 0 Å². The van der Waals surface area contributed by atoms with E-state index in [1.807, 2.05) is 5.32 Å². The number of carbonyl (C=O) groups excluding carboxylic acids is 2. The molecule has 0 spiro atoms. The summed E-state index contributed by atoms with van der Waals surface area (Å²) < 4.78 is 81.5. The van der Waals surface area contributed by atoms with Crippen LogP contribution in [0, 0.1) is 11.6 Å². The fraction of sp³-hybridized carbons (Fsp3) is 0.200. The predicted molar refractivity (Wildman–Crippen MR) is 100.0 cm³/mol. The van der Waals surface area contributed by atoms with E-state index in [1.165, 1.54) is 24.3 Å². The van der Waals surface area contributed by atoms with Gasteiger partial charge in [-0.1, -0.05) is 12.1 Å². The fourth-order valence-corrected chi connectivity index (χ4v) is 2.73. The molecule has 2 aromatic rings. The average Bonchev–Trinajstić information content (AvgIpc) is 3.23. The van der Waals surface area contributed by atoms with Crippen LogP contribution in [0.4, 0.5) is 14.5 Å². The molecule has 2 N–H and O–H groups in total. The highest BCUT2D eigenvalue weighted by atomic mass is 19.1. The number of hydrogen-bond donors (Lipinski definition) is 2. The summed E-state index contributed by atoms with van der Waals surface area (Å²) in [7, 11) is -5.64. The van der Waals surface area contributed by atoms with Crippen molar-refractivity contribution in [2.24, 2.45) is 0 Å². The van der Waals surface area contributed by atoms with Gasteiger partial charge in [-0.25, -0.2) is 14.3 Å². The minimum Gasteiger partial charge on any atom is -0.497 e. The predicted octanol–water partition coefficient (Wildman–Crippen LogP) is 2.58. The summed E-state index contributed by atoms with van der Waals surface area (Å²) in [5, 5.41) is 2.04. The fourth-order valence-electron chi connectivity index (χ4n) is 2.73. The third kappa shape index (κ3) is 4.41. The van der Waals surface area contributed by atoms with Gasteiger partial charge in [0.25, 0.3) is 11.8 Å². The highest BCUT2D eigenvalue weighted by Gasteiger charge is 2.28. The van der Waals surface area contributed by atoms with Gasteiger partial charge in [0, 0.05) is 0 Å². The van der Waals surface area contributed by atoms with Gasteiger partial charge in [0.15, 0.2) is 0 Å². The van der Waals surface area contributed by atoms with Crippen LogP contribution in [0.2, 0.25) is 0 Å². The van der Waals surface area contributed by atoms with Crippen LogP contribution in [0.3, 0.4) is 0 Å². The van der Waals surface area contributed by atoms with Gasteiger partial charge in [-0.3, -0.25) is 14.4 Å². The van der Waals surface area contributed by atoms with Crippen LogP contribution in [0.5, 0.6) is 5.75 Å². The van der Waals surface area contributed by atoms with Gasteiger partial charge in [-0.05, 0) is 35.4 Å². The average molecular weight is 410 g/mol. The molecule has 0 bridgehead atoms. The maximum absolute atomic E-state index is 14.7. The molecular weight excluding hydrogens is 386 g/mol. The molecule has 0 saturated heterocycles. The third-order valence-electron chi connectivity index (χ3n) is 4.11. The van der Waals surface area contributed by atoms with E-state index in [2.05, 4.69) is 4.84 Å². The largest absolute Gasteiger partial charge is 0.497 e. The lowest BCUT2D eigenvalue weighted by molar-refractivity contribution is -0.127. The van der Waals surface area contributed by atoms with Crippen LogP contribution in [0.15, 0.2) is 47.5 Å². The van der Waals surface area contributed by atoms with Crippen molar-refractivity contribution < 1.29 is 40.9 Å². The van der Waals surface area contributed by atoms with Gasteiger partial charge in [-0.15, -0.1) is 0 Å². The van der Waals surface area contributed by atoms with Crippen molar-refractivity contribution in [3.63, 3.8) is 0 Å². The normalized spacial score (nSPS) is 17.3. The molecule has 0 aromatic heterocycles. The van der Waals surface area contributed by atoms with Gasteiger partial charge in [-0.2, -0.15) is 0 Å². The number of carbonyl (C=O) groups is 2. The zero-order valence-corrected chi connectivity index (χ0v) is 14.7. The van der Waals surface area contributed by atoms with Crippen LogP contribution < -0.4 is 15.5 Å². The van der Waals surface area contributed by atoms with Crippen molar-refractivity contribution in [2.75, 3.05) is 32.6 Å². The molecule has 0 unspecified atom stereocenters. The van der Waals surface area contributed by atoms with Crippen molar-refractivity contribution in [1.82, 2.24) is 5.48 Å². The molecule has 0 fully saturated rings. The summed E-state index contributed by atoms with van der Waals surface area (Å²) in [6.07, 6.45) is 0. The Hall–Kier alpha value is -3.30. The van der Waals surface area contributed by atoms with Crippen LogP contribution in [0.1, 0.15) is 8.22 Å². The summed E-state index contributed by atoms with van der Waals surface area (Å²) in [4.78, 5) is 28.9. The third-order valence-corrected chi connectivity index (χ3v) is 4.11. The quantitative estimate of drug-likeness (QED) is 0.715. The Labute approximate surface area is 173 Å². The van der Waals surface area contributed by atoms with Gasteiger partial charge in [0.05, 0.1) is 46.7 Å². The van der Waals surface area contributed by atoms with Crippen molar-refractivity contribution in [3.05, 3.63) is 59.2 Å². The van der Waals surface area contributed by atoms with E-state index in [-0.39, 0.29) is 41.2 Å². The molecule has 3 rings (SSSR count). The summed E-state index contributed by atoms with van der Waals surface area (Å²) in [5.74, 6) is -4.43. The number of methoxy groups -OCH3 is 1. The van der Waals surface area contributed by atoms with Gasteiger partial charge < -0.3 is 14.8 Å². The first-order valence-corrected chi connectivity index (χ1v) is 8.11. The number of ether oxygens (including phenoxy) is 2. The Bertz CT molecular complexity index is 1160. The molecule has 7 nitrogen and oxygen atoms in total. The number of amides is 2. The van der Waals surface area contributed by atoms with E-state index in [9.17, 15) is 18.4 Å². The van der Waals surface area contributed by atoms with Gasteiger partial charge >= 0.3 is 0 Å². The molecule has 29 heavy (non-hydrogen) atoms. The molecule has 2 amide bonds. The van der Waals surface area contributed by atoms with Gasteiger partial charge in [0.2, 0.25) is 0 Å². The standard InChI is InChI=1S/C20H18F2N2O5/c1-27-13-5-3-4-11(6-13)12-7-16(21)18(17(22)8-12)23-19(25)14-9-29-10-15(14)20(26)24-28-2/h3-8H,9-10H2,1-2H3,(H,23,25)(H,24,26)/i1D3,2D3. The highest BCUT2D eigenvalue weighted by Crippen LogP contribution is 2.30. The SMILES string of the molecule is [2H]C([2H])([2H])ONC(=O)C1=C(C(=O)Nc2c(F)cc(-c3cccc(OC([2H])([2H])[2H])c3)cc2F)COC1. The Morgan fingerprint density at radius 2 is 1.76 bits per heavy atom. The molecular formula is C20H18F2N2O5. The van der Waals surface area contributed by atoms with E-state index < -0.39 is 43.2 Å². The second-order valence-electron chi connectivity index (χ2n) is 5.88. The van der Waals surface area contributed by atoms with Crippen LogP contribution >= 0.6 is 0 Å². The number of rotatable bonds is 6.